The lowest BCUT2D eigenvalue weighted by Crippen LogP contribution is -2.30. The zero-order valence-corrected chi connectivity index (χ0v) is 15.0. The van der Waals surface area contributed by atoms with Crippen LogP contribution >= 0.6 is 12.4 Å². The van der Waals surface area contributed by atoms with Crippen LogP contribution in [-0.2, 0) is 6.42 Å². The smallest absolute Gasteiger partial charge is 0.0456 e. The van der Waals surface area contributed by atoms with Gasteiger partial charge in [-0.15, -0.1) is 12.4 Å². The number of aromatic nitrogens is 1. The molecule has 0 saturated carbocycles. The second kappa shape index (κ2) is 9.31. The van der Waals surface area contributed by atoms with E-state index in [2.05, 4.69) is 52.7 Å². The zero-order chi connectivity index (χ0) is 15.2. The molecule has 23 heavy (non-hydrogen) atoms. The van der Waals surface area contributed by atoms with Gasteiger partial charge in [0.15, 0.2) is 0 Å². The number of nitrogens with one attached hydrogen (secondary N) is 2. The molecule has 3 rings (SSSR count). The Morgan fingerprint density at radius 3 is 2.91 bits per heavy atom. The fraction of sp³-hybridized carbons (Fsp3) is 0.579. The van der Waals surface area contributed by atoms with E-state index >= 15 is 0 Å². The SMILES string of the molecule is CN(CCCC1CCCNC1)CCc1c[nH]c2ccccc12.Cl. The summed E-state index contributed by atoms with van der Waals surface area (Å²) in [5, 5.41) is 4.90. The van der Waals surface area contributed by atoms with Gasteiger partial charge in [-0.05, 0) is 76.3 Å². The van der Waals surface area contributed by atoms with Crippen molar-refractivity contribution in [2.45, 2.75) is 32.1 Å². The second-order valence-electron chi connectivity index (χ2n) is 6.77. The molecule has 1 atom stereocenters. The van der Waals surface area contributed by atoms with E-state index in [1.807, 2.05) is 0 Å². The third-order valence-corrected chi connectivity index (χ3v) is 4.99. The average Bonchev–Trinajstić information content (AvgIpc) is 2.97. The number of benzene rings is 1. The van der Waals surface area contributed by atoms with Crippen LogP contribution in [0.3, 0.4) is 0 Å². The molecule has 1 aliphatic heterocycles. The summed E-state index contributed by atoms with van der Waals surface area (Å²) >= 11 is 0. The number of aromatic amines is 1. The highest BCUT2D eigenvalue weighted by Gasteiger charge is 2.12. The Balaban J connectivity index is 0.00000192. The number of likely N-dealkylation sites (N-methyl/N-ethyl adjacent to an activating group) is 1. The van der Waals surface area contributed by atoms with Gasteiger partial charge in [-0.3, -0.25) is 0 Å². The van der Waals surface area contributed by atoms with Gasteiger partial charge in [0, 0.05) is 23.6 Å². The normalized spacial score (nSPS) is 18.3. The predicted molar refractivity (Wildman–Crippen MR) is 102 cm³/mol. The lowest BCUT2D eigenvalue weighted by atomic mass is 9.95. The number of piperidine rings is 1. The Bertz CT molecular complexity index is 575. The summed E-state index contributed by atoms with van der Waals surface area (Å²) in [4.78, 5) is 5.86. The summed E-state index contributed by atoms with van der Waals surface area (Å²) < 4.78 is 0. The Morgan fingerprint density at radius 2 is 2.09 bits per heavy atom. The predicted octanol–water partition coefficient (Wildman–Crippen LogP) is 3.84. The summed E-state index contributed by atoms with van der Waals surface area (Å²) in [6.45, 7) is 4.82. The molecule has 2 aromatic rings. The number of H-pyrrole nitrogens is 1. The third kappa shape index (κ3) is 5.23. The first-order valence-electron chi connectivity index (χ1n) is 8.77. The summed E-state index contributed by atoms with van der Waals surface area (Å²) in [7, 11) is 2.26. The quantitative estimate of drug-likeness (QED) is 0.805. The Labute approximate surface area is 146 Å². The maximum Gasteiger partial charge on any atom is 0.0456 e. The van der Waals surface area contributed by atoms with Crippen molar-refractivity contribution in [1.82, 2.24) is 15.2 Å². The molecule has 1 aromatic heterocycles. The molecule has 1 aliphatic rings. The minimum atomic E-state index is 0. The molecule has 2 N–H and O–H groups in total. The van der Waals surface area contributed by atoms with Crippen molar-refractivity contribution in [1.29, 1.82) is 0 Å². The highest BCUT2D eigenvalue weighted by molar-refractivity contribution is 5.85. The fourth-order valence-corrected chi connectivity index (χ4v) is 3.58. The summed E-state index contributed by atoms with van der Waals surface area (Å²) in [5.74, 6) is 0.913. The van der Waals surface area contributed by atoms with Crippen molar-refractivity contribution in [3.05, 3.63) is 36.0 Å². The summed E-state index contributed by atoms with van der Waals surface area (Å²) in [5.41, 5.74) is 2.70. The number of hydrogen-bond donors (Lipinski definition) is 2. The zero-order valence-electron chi connectivity index (χ0n) is 14.2. The number of rotatable bonds is 7. The van der Waals surface area contributed by atoms with Gasteiger partial charge in [0.2, 0.25) is 0 Å². The number of halogens is 1. The van der Waals surface area contributed by atoms with Crippen molar-refractivity contribution < 1.29 is 0 Å². The van der Waals surface area contributed by atoms with E-state index in [0.29, 0.717) is 0 Å². The first-order valence-corrected chi connectivity index (χ1v) is 8.77. The summed E-state index contributed by atoms with van der Waals surface area (Å²) in [6, 6.07) is 8.59. The van der Waals surface area contributed by atoms with E-state index < -0.39 is 0 Å². The molecule has 0 aliphatic carbocycles. The number of fused-ring (bicyclic) bond motifs is 1. The first-order chi connectivity index (χ1) is 10.8. The monoisotopic (exact) mass is 335 g/mol. The molecule has 1 unspecified atom stereocenters. The highest BCUT2D eigenvalue weighted by Crippen LogP contribution is 2.19. The molecular formula is C19H30ClN3. The van der Waals surface area contributed by atoms with Crippen molar-refractivity contribution in [3.8, 4) is 0 Å². The molecule has 128 valence electrons. The van der Waals surface area contributed by atoms with E-state index in [0.717, 1.165) is 18.9 Å². The van der Waals surface area contributed by atoms with E-state index in [1.54, 1.807) is 0 Å². The van der Waals surface area contributed by atoms with Gasteiger partial charge in [0.05, 0.1) is 0 Å². The Hall–Kier alpha value is -1.03. The van der Waals surface area contributed by atoms with Crippen LogP contribution in [0.5, 0.6) is 0 Å². The molecule has 4 heteroatoms. The van der Waals surface area contributed by atoms with Gasteiger partial charge < -0.3 is 15.2 Å². The van der Waals surface area contributed by atoms with E-state index in [9.17, 15) is 0 Å². The fourth-order valence-electron chi connectivity index (χ4n) is 3.58. The largest absolute Gasteiger partial charge is 0.361 e. The highest BCUT2D eigenvalue weighted by atomic mass is 35.5. The topological polar surface area (TPSA) is 31.1 Å². The van der Waals surface area contributed by atoms with Crippen molar-refractivity contribution >= 4 is 23.3 Å². The third-order valence-electron chi connectivity index (χ3n) is 4.99. The standard InChI is InChI=1S/C19H29N3.ClH/c1-22(12-5-7-16-6-4-11-20-14-16)13-10-17-15-21-19-9-3-2-8-18(17)19;/h2-3,8-9,15-16,20-21H,4-7,10-14H2,1H3;1H. The van der Waals surface area contributed by atoms with Crippen LogP contribution in [0.4, 0.5) is 0 Å². The molecule has 2 heterocycles. The summed E-state index contributed by atoms with van der Waals surface area (Å²) in [6.07, 6.45) is 8.80. The van der Waals surface area contributed by atoms with Crippen LogP contribution < -0.4 is 5.32 Å². The molecular weight excluding hydrogens is 306 g/mol. The minimum absolute atomic E-state index is 0. The van der Waals surface area contributed by atoms with Crippen molar-refractivity contribution in [3.63, 3.8) is 0 Å². The molecule has 1 fully saturated rings. The van der Waals surface area contributed by atoms with Crippen LogP contribution in [0.2, 0.25) is 0 Å². The van der Waals surface area contributed by atoms with Crippen LogP contribution in [0.25, 0.3) is 10.9 Å². The average molecular weight is 336 g/mol. The molecule has 0 amide bonds. The van der Waals surface area contributed by atoms with Crippen LogP contribution in [0.15, 0.2) is 30.5 Å². The van der Waals surface area contributed by atoms with Gasteiger partial charge >= 0.3 is 0 Å². The number of hydrogen-bond acceptors (Lipinski definition) is 2. The van der Waals surface area contributed by atoms with Crippen molar-refractivity contribution in [2.75, 3.05) is 33.2 Å². The van der Waals surface area contributed by atoms with Crippen LogP contribution in [0, 0.1) is 5.92 Å². The minimum Gasteiger partial charge on any atom is -0.361 e. The lowest BCUT2D eigenvalue weighted by Gasteiger charge is -2.24. The van der Waals surface area contributed by atoms with Gasteiger partial charge in [-0.25, -0.2) is 0 Å². The Kier molecular flexibility index (Phi) is 7.41. The van der Waals surface area contributed by atoms with E-state index in [4.69, 9.17) is 0 Å². The number of nitrogens with zero attached hydrogens (tertiary/aromatic N) is 1. The molecule has 1 saturated heterocycles. The van der Waals surface area contributed by atoms with Gasteiger partial charge in [0.25, 0.3) is 0 Å². The van der Waals surface area contributed by atoms with Crippen molar-refractivity contribution in [2.24, 2.45) is 5.92 Å². The van der Waals surface area contributed by atoms with Gasteiger partial charge in [-0.2, -0.15) is 0 Å². The maximum absolute atomic E-state index is 3.52. The molecule has 3 nitrogen and oxygen atoms in total. The van der Waals surface area contributed by atoms with E-state index in [1.165, 1.54) is 61.8 Å². The van der Waals surface area contributed by atoms with E-state index in [-0.39, 0.29) is 12.4 Å². The number of para-hydroxylation sites is 1. The Morgan fingerprint density at radius 1 is 1.22 bits per heavy atom. The van der Waals surface area contributed by atoms with Gasteiger partial charge in [0.1, 0.15) is 0 Å². The molecule has 0 bridgehead atoms. The maximum atomic E-state index is 3.52. The second-order valence-corrected chi connectivity index (χ2v) is 6.77. The molecule has 0 spiro atoms. The first kappa shape index (κ1) is 18.3. The lowest BCUT2D eigenvalue weighted by molar-refractivity contribution is 0.295. The van der Waals surface area contributed by atoms with Crippen LogP contribution in [-0.4, -0.2) is 43.1 Å². The van der Waals surface area contributed by atoms with Gasteiger partial charge in [-0.1, -0.05) is 18.2 Å². The molecule has 0 radical (unpaired) electrons. The molecule has 1 aromatic carbocycles. The van der Waals surface area contributed by atoms with Crippen LogP contribution in [0.1, 0.15) is 31.2 Å².